The molecule has 3 aromatic rings. The zero-order valence-electron chi connectivity index (χ0n) is 11.0. The van der Waals surface area contributed by atoms with Crippen LogP contribution in [0.25, 0.3) is 11.0 Å². The van der Waals surface area contributed by atoms with E-state index in [1.54, 1.807) is 30.6 Å². The number of aromatic amines is 1. The highest BCUT2D eigenvalue weighted by atomic mass is 79.9. The van der Waals surface area contributed by atoms with Crippen molar-refractivity contribution >= 4 is 44.3 Å². The maximum Gasteiger partial charge on any atom is 0.198 e. The summed E-state index contributed by atoms with van der Waals surface area (Å²) in [5, 5.41) is 1.28. The quantitative estimate of drug-likeness (QED) is 0.707. The van der Waals surface area contributed by atoms with Crippen molar-refractivity contribution in [1.82, 2.24) is 9.97 Å². The van der Waals surface area contributed by atoms with Gasteiger partial charge >= 0.3 is 0 Å². The SMILES string of the molecule is COc1cc(Cl)ccc1C(=O)c1c[nH]c2ncc(Br)cc12. The van der Waals surface area contributed by atoms with Gasteiger partial charge in [-0.1, -0.05) is 11.6 Å². The average molecular weight is 366 g/mol. The van der Waals surface area contributed by atoms with E-state index in [1.165, 1.54) is 7.11 Å². The van der Waals surface area contributed by atoms with Gasteiger partial charge in [0.2, 0.25) is 0 Å². The number of hydrogen-bond acceptors (Lipinski definition) is 3. The van der Waals surface area contributed by atoms with E-state index in [-0.39, 0.29) is 5.78 Å². The molecular formula is C15H10BrClN2O2. The van der Waals surface area contributed by atoms with Gasteiger partial charge in [0.1, 0.15) is 11.4 Å². The third kappa shape index (κ3) is 2.54. The number of nitrogens with zero attached hydrogens (tertiary/aromatic N) is 1. The van der Waals surface area contributed by atoms with Crippen molar-refractivity contribution in [2.75, 3.05) is 7.11 Å². The molecule has 0 unspecified atom stereocenters. The Morgan fingerprint density at radius 1 is 1.33 bits per heavy atom. The number of pyridine rings is 1. The molecule has 2 aromatic heterocycles. The van der Waals surface area contributed by atoms with Crippen LogP contribution < -0.4 is 4.74 Å². The zero-order valence-corrected chi connectivity index (χ0v) is 13.3. The van der Waals surface area contributed by atoms with Crippen molar-refractivity contribution in [2.24, 2.45) is 0 Å². The Kier molecular flexibility index (Phi) is 3.69. The van der Waals surface area contributed by atoms with Crippen LogP contribution >= 0.6 is 27.5 Å². The third-order valence-corrected chi connectivity index (χ3v) is 3.82. The van der Waals surface area contributed by atoms with Crippen molar-refractivity contribution in [3.8, 4) is 5.75 Å². The number of ether oxygens (including phenoxy) is 1. The fourth-order valence-electron chi connectivity index (χ4n) is 2.16. The maximum absolute atomic E-state index is 12.7. The minimum Gasteiger partial charge on any atom is -0.496 e. The lowest BCUT2D eigenvalue weighted by atomic mass is 10.0. The lowest BCUT2D eigenvalue weighted by Gasteiger charge is -2.07. The van der Waals surface area contributed by atoms with E-state index in [1.807, 2.05) is 6.07 Å². The predicted molar refractivity (Wildman–Crippen MR) is 85.2 cm³/mol. The van der Waals surface area contributed by atoms with Crippen LogP contribution in [0.15, 0.2) is 41.1 Å². The van der Waals surface area contributed by atoms with E-state index in [9.17, 15) is 4.79 Å². The second-order valence-electron chi connectivity index (χ2n) is 4.43. The van der Waals surface area contributed by atoms with Crippen LogP contribution in [-0.4, -0.2) is 22.9 Å². The van der Waals surface area contributed by atoms with Crippen LogP contribution in [0.1, 0.15) is 15.9 Å². The summed E-state index contributed by atoms with van der Waals surface area (Å²) in [6.07, 6.45) is 3.33. The number of hydrogen-bond donors (Lipinski definition) is 1. The van der Waals surface area contributed by atoms with E-state index >= 15 is 0 Å². The average Bonchev–Trinajstić information content (AvgIpc) is 2.89. The summed E-state index contributed by atoms with van der Waals surface area (Å²) in [5.41, 5.74) is 1.66. The number of benzene rings is 1. The number of carbonyl (C=O) groups is 1. The molecule has 0 bridgehead atoms. The van der Waals surface area contributed by atoms with Crippen molar-refractivity contribution in [2.45, 2.75) is 0 Å². The smallest absolute Gasteiger partial charge is 0.198 e. The standard InChI is InChI=1S/C15H10BrClN2O2/c1-21-13-5-9(17)2-3-10(13)14(20)12-7-19-15-11(12)4-8(16)6-18-15/h2-7H,1H3,(H,18,19). The van der Waals surface area contributed by atoms with E-state index in [4.69, 9.17) is 16.3 Å². The molecule has 3 rings (SSSR count). The number of carbonyl (C=O) groups excluding carboxylic acids is 1. The van der Waals surface area contributed by atoms with E-state index < -0.39 is 0 Å². The summed E-state index contributed by atoms with van der Waals surface area (Å²) >= 11 is 9.29. The van der Waals surface area contributed by atoms with Crippen molar-refractivity contribution in [1.29, 1.82) is 0 Å². The molecule has 2 heterocycles. The topological polar surface area (TPSA) is 55.0 Å². The van der Waals surface area contributed by atoms with Gasteiger partial charge in [-0.2, -0.15) is 0 Å². The van der Waals surface area contributed by atoms with E-state index in [2.05, 4.69) is 25.9 Å². The fraction of sp³-hybridized carbons (Fsp3) is 0.0667. The van der Waals surface area contributed by atoms with Gasteiger partial charge in [-0.3, -0.25) is 4.79 Å². The number of H-pyrrole nitrogens is 1. The van der Waals surface area contributed by atoms with Gasteiger partial charge < -0.3 is 9.72 Å². The van der Waals surface area contributed by atoms with Crippen molar-refractivity contribution < 1.29 is 9.53 Å². The molecule has 106 valence electrons. The fourth-order valence-corrected chi connectivity index (χ4v) is 2.66. The predicted octanol–water partition coefficient (Wildman–Crippen LogP) is 4.22. The Balaban J connectivity index is 2.15. The molecule has 0 saturated carbocycles. The Morgan fingerprint density at radius 2 is 2.14 bits per heavy atom. The molecule has 0 aliphatic carbocycles. The highest BCUT2D eigenvalue weighted by Gasteiger charge is 2.19. The van der Waals surface area contributed by atoms with Crippen molar-refractivity contribution in [3.05, 3.63) is 57.3 Å². The number of halogens is 2. The van der Waals surface area contributed by atoms with Crippen LogP contribution in [0.4, 0.5) is 0 Å². The Labute approximate surface area is 134 Å². The molecule has 0 fully saturated rings. The Morgan fingerprint density at radius 3 is 2.90 bits per heavy atom. The van der Waals surface area contributed by atoms with E-state index in [0.29, 0.717) is 27.5 Å². The highest BCUT2D eigenvalue weighted by Crippen LogP contribution is 2.28. The van der Waals surface area contributed by atoms with E-state index in [0.717, 1.165) is 9.86 Å². The van der Waals surface area contributed by atoms with Gasteiger partial charge in [0.05, 0.1) is 12.7 Å². The lowest BCUT2D eigenvalue weighted by molar-refractivity contribution is 0.103. The first-order valence-electron chi connectivity index (χ1n) is 6.11. The molecule has 0 atom stereocenters. The molecule has 0 aliphatic heterocycles. The van der Waals surface area contributed by atoms with Crippen LogP contribution in [0.5, 0.6) is 5.75 Å². The summed E-state index contributed by atoms with van der Waals surface area (Å²) in [6, 6.07) is 6.81. The number of ketones is 1. The molecule has 4 nitrogen and oxygen atoms in total. The first-order chi connectivity index (χ1) is 10.1. The first kappa shape index (κ1) is 14.1. The second kappa shape index (κ2) is 5.50. The molecular weight excluding hydrogens is 356 g/mol. The molecule has 0 aliphatic rings. The van der Waals surface area contributed by atoms with Crippen LogP contribution in [0.2, 0.25) is 5.02 Å². The molecule has 0 saturated heterocycles. The van der Waals surface area contributed by atoms with Crippen LogP contribution in [0, 0.1) is 0 Å². The maximum atomic E-state index is 12.7. The normalized spacial score (nSPS) is 10.8. The molecule has 0 radical (unpaired) electrons. The van der Waals surface area contributed by atoms with Gasteiger partial charge in [0, 0.05) is 32.8 Å². The summed E-state index contributed by atoms with van der Waals surface area (Å²) in [5.74, 6) is 0.305. The molecule has 6 heteroatoms. The Hall–Kier alpha value is -1.85. The first-order valence-corrected chi connectivity index (χ1v) is 7.28. The molecule has 1 aromatic carbocycles. The second-order valence-corrected chi connectivity index (χ2v) is 5.78. The highest BCUT2D eigenvalue weighted by molar-refractivity contribution is 9.10. The van der Waals surface area contributed by atoms with Gasteiger partial charge in [0.15, 0.2) is 5.78 Å². The summed E-state index contributed by atoms with van der Waals surface area (Å²) in [4.78, 5) is 20.0. The van der Waals surface area contributed by atoms with Crippen LogP contribution in [-0.2, 0) is 0 Å². The summed E-state index contributed by atoms with van der Waals surface area (Å²) in [7, 11) is 1.51. The van der Waals surface area contributed by atoms with Crippen molar-refractivity contribution in [3.63, 3.8) is 0 Å². The van der Waals surface area contributed by atoms with Gasteiger partial charge in [-0.15, -0.1) is 0 Å². The third-order valence-electron chi connectivity index (χ3n) is 3.15. The molecule has 0 spiro atoms. The number of fused-ring (bicyclic) bond motifs is 1. The Bertz CT molecular complexity index is 845. The van der Waals surface area contributed by atoms with Gasteiger partial charge in [-0.25, -0.2) is 4.98 Å². The van der Waals surface area contributed by atoms with Gasteiger partial charge in [0.25, 0.3) is 0 Å². The largest absolute Gasteiger partial charge is 0.496 e. The molecule has 0 amide bonds. The number of aromatic nitrogens is 2. The molecule has 21 heavy (non-hydrogen) atoms. The minimum atomic E-state index is -0.144. The summed E-state index contributed by atoms with van der Waals surface area (Å²) in [6.45, 7) is 0. The van der Waals surface area contributed by atoms with Crippen LogP contribution in [0.3, 0.4) is 0 Å². The number of methoxy groups -OCH3 is 1. The van der Waals surface area contributed by atoms with Gasteiger partial charge in [-0.05, 0) is 40.2 Å². The lowest BCUT2D eigenvalue weighted by Crippen LogP contribution is -2.03. The summed E-state index contributed by atoms with van der Waals surface area (Å²) < 4.78 is 6.05. The monoisotopic (exact) mass is 364 g/mol. The number of nitrogens with one attached hydrogen (secondary N) is 1. The molecule has 1 N–H and O–H groups in total. The number of rotatable bonds is 3. The minimum absolute atomic E-state index is 0.144. The zero-order chi connectivity index (χ0) is 15.0.